The van der Waals surface area contributed by atoms with E-state index in [1.165, 1.54) is 0 Å². The first kappa shape index (κ1) is 6.53. The van der Waals surface area contributed by atoms with E-state index >= 15 is 0 Å². The Bertz CT molecular complexity index is 352. The van der Waals surface area contributed by atoms with Gasteiger partial charge in [-0.05, 0) is 0 Å². The first-order valence-corrected chi connectivity index (χ1v) is 2.39. The largest absolute Gasteiger partial charge is 0.378 e. The summed E-state index contributed by atoms with van der Waals surface area (Å²) in [5.41, 5.74) is -1.92. The fourth-order valence-electron chi connectivity index (χ4n) is 0.470. The van der Waals surface area contributed by atoms with Crippen molar-refractivity contribution in [3.8, 4) is 0 Å². The molecule has 0 saturated heterocycles. The van der Waals surface area contributed by atoms with Crippen LogP contribution in [0.1, 0.15) is 0 Å². The molecule has 1 aromatic rings. The summed E-state index contributed by atoms with van der Waals surface area (Å²) in [4.78, 5) is 20.6. The molecule has 0 aromatic carbocycles. The maximum absolute atomic E-state index is 12.1. The summed E-state index contributed by atoms with van der Waals surface area (Å²) in [6.07, 6.45) is 0.702. The Morgan fingerprint density at radius 2 is 2.10 bits per heavy atom. The lowest BCUT2D eigenvalue weighted by Gasteiger charge is -1.93. The number of hydrogen-bond acceptors (Lipinski definition) is 3. The molecule has 1 heterocycles. The van der Waals surface area contributed by atoms with Crippen LogP contribution in [-0.2, 0) is 0 Å². The molecule has 2 N–H and O–H groups in total. The van der Waals surface area contributed by atoms with Crippen molar-refractivity contribution < 1.29 is 4.48 Å². The van der Waals surface area contributed by atoms with E-state index in [1.807, 2.05) is 0 Å². The lowest BCUT2D eigenvalue weighted by Crippen LogP contribution is -2.42. The Morgan fingerprint density at radius 3 is 2.60 bits per heavy atom. The molecule has 0 fully saturated rings. The Kier molecular flexibility index (Phi) is 1.29. The van der Waals surface area contributed by atoms with E-state index in [2.05, 4.69) is 0 Å². The molecule has 0 aliphatic carbocycles. The molecule has 1 rings (SSSR count). The highest BCUT2D eigenvalue weighted by Gasteiger charge is 1.97. The minimum Gasteiger partial charge on any atom is -0.332 e. The van der Waals surface area contributed by atoms with E-state index in [9.17, 15) is 14.1 Å². The van der Waals surface area contributed by atoms with Gasteiger partial charge in [-0.15, -0.1) is 4.79 Å². The van der Waals surface area contributed by atoms with Crippen molar-refractivity contribution in [3.63, 3.8) is 0 Å². The predicted molar refractivity (Wildman–Crippen MR) is 31.6 cm³/mol. The zero-order valence-electron chi connectivity index (χ0n) is 4.82. The van der Waals surface area contributed by atoms with Crippen LogP contribution in [0.25, 0.3) is 0 Å². The van der Waals surface area contributed by atoms with Gasteiger partial charge in [-0.25, -0.2) is 4.79 Å². The van der Waals surface area contributed by atoms with Crippen molar-refractivity contribution in [2.24, 2.45) is 0 Å². The first-order chi connectivity index (χ1) is 4.63. The van der Waals surface area contributed by atoms with Crippen LogP contribution in [0.4, 0.5) is 4.48 Å². The zero-order valence-corrected chi connectivity index (χ0v) is 4.82. The molecule has 0 atom stereocenters. The van der Waals surface area contributed by atoms with Gasteiger partial charge in [-0.1, -0.05) is 4.48 Å². The van der Waals surface area contributed by atoms with Crippen molar-refractivity contribution >= 4 is 0 Å². The molecule has 54 valence electrons. The van der Waals surface area contributed by atoms with Gasteiger partial charge in [-0.3, -0.25) is 4.79 Å². The van der Waals surface area contributed by atoms with Crippen molar-refractivity contribution in [2.45, 2.75) is 0 Å². The maximum atomic E-state index is 12.1. The van der Waals surface area contributed by atoms with E-state index in [1.54, 1.807) is 0 Å². The van der Waals surface area contributed by atoms with Crippen LogP contribution in [0.5, 0.6) is 0 Å². The van der Waals surface area contributed by atoms with Crippen LogP contribution >= 0.6 is 0 Å². The Morgan fingerprint density at radius 1 is 1.50 bits per heavy atom. The van der Waals surface area contributed by atoms with Crippen LogP contribution in [0.2, 0.25) is 0 Å². The highest BCUT2D eigenvalue weighted by molar-refractivity contribution is 4.83. The SMILES string of the molecule is Nn1c(=O)ccn(F)c1=O. The van der Waals surface area contributed by atoms with Gasteiger partial charge in [0.1, 0.15) is 0 Å². The molecule has 0 bridgehead atoms. The molecule has 6 heteroatoms. The van der Waals surface area contributed by atoms with Crippen molar-refractivity contribution in [1.29, 1.82) is 0 Å². The molecule has 0 amide bonds. The zero-order chi connectivity index (χ0) is 7.72. The lowest BCUT2D eigenvalue weighted by molar-refractivity contribution is 0.335. The Hall–Kier alpha value is -1.59. The van der Waals surface area contributed by atoms with Gasteiger partial charge in [0.15, 0.2) is 0 Å². The van der Waals surface area contributed by atoms with E-state index in [4.69, 9.17) is 5.84 Å². The molecule has 10 heavy (non-hydrogen) atoms. The predicted octanol–water partition coefficient (Wildman–Crippen LogP) is -1.54. The van der Waals surface area contributed by atoms with Crippen LogP contribution in [0.3, 0.4) is 0 Å². The van der Waals surface area contributed by atoms with Gasteiger partial charge in [0.05, 0.1) is 0 Å². The molecule has 0 saturated carbocycles. The number of aromatic nitrogens is 2. The van der Waals surface area contributed by atoms with Gasteiger partial charge in [0.2, 0.25) is 0 Å². The smallest absolute Gasteiger partial charge is 0.332 e. The molecular weight excluding hydrogens is 141 g/mol. The summed E-state index contributed by atoms with van der Waals surface area (Å²) in [7, 11) is 0. The van der Waals surface area contributed by atoms with Crippen LogP contribution in [0, 0.1) is 0 Å². The normalized spacial score (nSPS) is 9.70. The monoisotopic (exact) mass is 145 g/mol. The molecule has 0 spiro atoms. The molecule has 1 aromatic heterocycles. The summed E-state index contributed by atoms with van der Waals surface area (Å²) in [5.74, 6) is 4.81. The summed E-state index contributed by atoms with van der Waals surface area (Å²) < 4.78 is 12.3. The average molecular weight is 145 g/mol. The molecule has 0 radical (unpaired) electrons. The van der Waals surface area contributed by atoms with E-state index in [0.29, 0.717) is 6.20 Å². The number of nitrogens with zero attached hydrogens (tertiary/aromatic N) is 2. The van der Waals surface area contributed by atoms with Crippen LogP contribution in [-0.4, -0.2) is 9.47 Å². The van der Waals surface area contributed by atoms with Gasteiger partial charge in [0, 0.05) is 12.3 Å². The Labute approximate surface area is 54.0 Å². The topological polar surface area (TPSA) is 70.0 Å². The highest BCUT2D eigenvalue weighted by atomic mass is 19.2. The van der Waals surface area contributed by atoms with E-state index in [0.717, 1.165) is 6.07 Å². The van der Waals surface area contributed by atoms with Gasteiger partial charge >= 0.3 is 5.69 Å². The summed E-state index contributed by atoms with van der Waals surface area (Å²) in [5, 5.41) is 0. The first-order valence-electron chi connectivity index (χ1n) is 2.39. The van der Waals surface area contributed by atoms with Crippen LogP contribution in [0.15, 0.2) is 21.9 Å². The second kappa shape index (κ2) is 1.98. The molecular formula is C4H4FN3O2. The number of rotatable bonds is 0. The molecule has 5 nitrogen and oxygen atoms in total. The number of hydrogen-bond donors (Lipinski definition) is 1. The fraction of sp³-hybridized carbons (Fsp3) is 0. The van der Waals surface area contributed by atoms with E-state index in [-0.39, 0.29) is 9.47 Å². The minimum atomic E-state index is -1.19. The second-order valence-corrected chi connectivity index (χ2v) is 1.62. The number of halogens is 1. The van der Waals surface area contributed by atoms with Gasteiger partial charge in [0.25, 0.3) is 5.56 Å². The highest BCUT2D eigenvalue weighted by Crippen LogP contribution is 1.70. The number of nitrogens with two attached hydrogens (primary N) is 1. The van der Waals surface area contributed by atoms with Crippen molar-refractivity contribution in [3.05, 3.63) is 33.1 Å². The standard InChI is InChI=1S/C4H4FN3O2/c5-7-2-1-3(9)8(6)4(7)10/h1-2H,6H2. The fourth-order valence-corrected chi connectivity index (χ4v) is 0.470. The third-order valence-corrected chi connectivity index (χ3v) is 0.974. The quantitative estimate of drug-likeness (QED) is 0.449. The van der Waals surface area contributed by atoms with Crippen molar-refractivity contribution in [2.75, 3.05) is 5.84 Å². The maximum Gasteiger partial charge on any atom is 0.378 e. The summed E-state index contributed by atoms with van der Waals surface area (Å²) >= 11 is 0. The van der Waals surface area contributed by atoms with E-state index < -0.39 is 11.2 Å². The van der Waals surface area contributed by atoms with Gasteiger partial charge in [-0.2, -0.15) is 4.68 Å². The van der Waals surface area contributed by atoms with Crippen LogP contribution < -0.4 is 17.1 Å². The third-order valence-electron chi connectivity index (χ3n) is 0.974. The average Bonchev–Trinajstić information content (AvgIpc) is 1.93. The Balaban J connectivity index is 3.66. The molecule has 0 aliphatic heterocycles. The lowest BCUT2D eigenvalue weighted by atomic mass is 10.7. The summed E-state index contributed by atoms with van der Waals surface area (Å²) in [6, 6.07) is 0.849. The third kappa shape index (κ3) is 0.790. The number of nitrogen functional groups attached to an aromatic ring is 1. The van der Waals surface area contributed by atoms with Gasteiger partial charge < -0.3 is 5.84 Å². The molecule has 0 unspecified atom stereocenters. The van der Waals surface area contributed by atoms with Crippen molar-refractivity contribution in [1.82, 2.24) is 9.47 Å². The second-order valence-electron chi connectivity index (χ2n) is 1.62. The summed E-state index contributed by atoms with van der Waals surface area (Å²) in [6.45, 7) is 0. The minimum absolute atomic E-state index is 0.181. The molecule has 0 aliphatic rings.